The molecular weight excluding hydrogens is 190 g/mol. The normalized spacial score (nSPS) is 11.7. The van der Waals surface area contributed by atoms with E-state index in [1.807, 2.05) is 0 Å². The molecule has 0 atom stereocenters. The second kappa shape index (κ2) is 4.53. The van der Waals surface area contributed by atoms with E-state index in [1.54, 1.807) is 12.1 Å². The Balaban J connectivity index is 2.66. The van der Waals surface area contributed by atoms with Crippen molar-refractivity contribution in [2.45, 2.75) is 39.3 Å². The highest BCUT2D eigenvalue weighted by Gasteiger charge is 2.14. The second-order valence-electron chi connectivity index (χ2n) is 4.40. The van der Waals surface area contributed by atoms with Crippen molar-refractivity contribution in [1.82, 2.24) is 5.32 Å². The molecule has 0 fully saturated rings. The quantitative estimate of drug-likeness (QED) is 0.713. The Morgan fingerprint density at radius 2 is 1.93 bits per heavy atom. The summed E-state index contributed by atoms with van der Waals surface area (Å²) in [5.74, 6) is 0.223. The van der Waals surface area contributed by atoms with Gasteiger partial charge in [-0.15, -0.1) is 0 Å². The molecule has 1 aromatic rings. The van der Waals surface area contributed by atoms with Crippen molar-refractivity contribution in [3.63, 3.8) is 0 Å². The zero-order valence-electron chi connectivity index (χ0n) is 9.54. The first-order valence-electron chi connectivity index (χ1n) is 5.20. The molecule has 0 amide bonds. The van der Waals surface area contributed by atoms with Crippen molar-refractivity contribution in [3.8, 4) is 11.5 Å². The van der Waals surface area contributed by atoms with E-state index in [4.69, 9.17) is 5.11 Å². The van der Waals surface area contributed by atoms with Crippen molar-refractivity contribution in [2.24, 2.45) is 0 Å². The van der Waals surface area contributed by atoms with E-state index in [1.165, 1.54) is 6.07 Å². The molecule has 0 aromatic heterocycles. The lowest BCUT2D eigenvalue weighted by Gasteiger charge is -2.24. The van der Waals surface area contributed by atoms with Crippen LogP contribution in [0.25, 0.3) is 0 Å². The summed E-state index contributed by atoms with van der Waals surface area (Å²) in [5, 5.41) is 22.0. The summed E-state index contributed by atoms with van der Waals surface area (Å²) in [6, 6.07) is 4.66. The molecule has 0 saturated heterocycles. The first kappa shape index (κ1) is 11.9. The molecule has 3 heteroatoms. The van der Waals surface area contributed by atoms with Crippen LogP contribution in [0.2, 0.25) is 0 Å². The summed E-state index contributed by atoms with van der Waals surface area (Å²) in [4.78, 5) is 0. The number of aromatic hydroxyl groups is 2. The number of phenols is 2. The molecule has 0 saturated carbocycles. The summed E-state index contributed by atoms with van der Waals surface area (Å²) in [6.45, 7) is 6.95. The van der Waals surface area contributed by atoms with Gasteiger partial charge in [0.15, 0.2) is 0 Å². The number of hydrogen-bond acceptors (Lipinski definition) is 3. The van der Waals surface area contributed by atoms with Crippen LogP contribution in [0.3, 0.4) is 0 Å². The fourth-order valence-corrected chi connectivity index (χ4v) is 1.16. The third kappa shape index (κ3) is 3.44. The van der Waals surface area contributed by atoms with Gasteiger partial charge in [-0.2, -0.15) is 0 Å². The minimum absolute atomic E-state index is 0.0598. The minimum atomic E-state index is 0.0598. The van der Waals surface area contributed by atoms with Crippen molar-refractivity contribution >= 4 is 0 Å². The van der Waals surface area contributed by atoms with Crippen LogP contribution in [0.5, 0.6) is 11.5 Å². The third-order valence-corrected chi connectivity index (χ3v) is 2.71. The summed E-state index contributed by atoms with van der Waals surface area (Å²) < 4.78 is 0. The van der Waals surface area contributed by atoms with Gasteiger partial charge in [-0.3, -0.25) is 0 Å². The number of phenolic OH excluding ortho intramolecular Hbond substituents is 2. The van der Waals surface area contributed by atoms with Crippen LogP contribution < -0.4 is 5.32 Å². The maximum atomic E-state index is 9.56. The van der Waals surface area contributed by atoms with Crippen molar-refractivity contribution < 1.29 is 10.2 Å². The lowest BCUT2D eigenvalue weighted by atomic mass is 10.0. The maximum absolute atomic E-state index is 9.56. The predicted octanol–water partition coefficient (Wildman–Crippen LogP) is 2.38. The summed E-state index contributed by atoms with van der Waals surface area (Å²) >= 11 is 0. The Kier molecular flexibility index (Phi) is 3.58. The van der Waals surface area contributed by atoms with Crippen molar-refractivity contribution in [1.29, 1.82) is 0 Å². The van der Waals surface area contributed by atoms with Gasteiger partial charge in [0.05, 0.1) is 0 Å². The molecule has 0 bridgehead atoms. The lowest BCUT2D eigenvalue weighted by Crippen LogP contribution is -2.37. The Labute approximate surface area is 90.8 Å². The van der Waals surface area contributed by atoms with E-state index in [0.29, 0.717) is 6.54 Å². The molecule has 0 unspecified atom stereocenters. The fourth-order valence-electron chi connectivity index (χ4n) is 1.16. The molecule has 84 valence electrons. The average Bonchev–Trinajstić information content (AvgIpc) is 2.16. The van der Waals surface area contributed by atoms with Gasteiger partial charge in [0.25, 0.3) is 0 Å². The zero-order valence-corrected chi connectivity index (χ0v) is 9.54. The van der Waals surface area contributed by atoms with E-state index in [-0.39, 0.29) is 17.0 Å². The van der Waals surface area contributed by atoms with Gasteiger partial charge in [-0.1, -0.05) is 13.0 Å². The Hall–Kier alpha value is -1.22. The highest BCUT2D eigenvalue weighted by Crippen LogP contribution is 2.23. The number of benzene rings is 1. The number of nitrogens with one attached hydrogen (secondary N) is 1. The molecule has 15 heavy (non-hydrogen) atoms. The Morgan fingerprint density at radius 3 is 2.47 bits per heavy atom. The molecule has 0 radical (unpaired) electrons. The first-order chi connectivity index (χ1) is 6.94. The molecule has 0 spiro atoms. The van der Waals surface area contributed by atoms with Crippen LogP contribution in [-0.2, 0) is 6.54 Å². The molecule has 0 aliphatic heterocycles. The maximum Gasteiger partial charge on any atom is 0.123 e. The van der Waals surface area contributed by atoms with Crippen LogP contribution in [0.4, 0.5) is 0 Å². The molecular formula is C12H19NO2. The molecule has 0 heterocycles. The highest BCUT2D eigenvalue weighted by atomic mass is 16.3. The third-order valence-electron chi connectivity index (χ3n) is 2.71. The minimum Gasteiger partial charge on any atom is -0.508 e. The molecule has 3 N–H and O–H groups in total. The smallest absolute Gasteiger partial charge is 0.123 e. The average molecular weight is 209 g/mol. The molecule has 0 aliphatic carbocycles. The van der Waals surface area contributed by atoms with E-state index >= 15 is 0 Å². The van der Waals surface area contributed by atoms with Crippen LogP contribution in [0, 0.1) is 0 Å². The number of hydrogen-bond donors (Lipinski definition) is 3. The van der Waals surface area contributed by atoms with Crippen LogP contribution in [0.1, 0.15) is 32.8 Å². The van der Waals surface area contributed by atoms with Gasteiger partial charge >= 0.3 is 0 Å². The standard InChI is InChI=1S/C12H19NO2/c1-4-12(2,3)13-8-9-5-6-10(14)7-11(9)15/h5-7,13-15H,4,8H2,1-3H3. The summed E-state index contributed by atoms with van der Waals surface area (Å²) in [6.07, 6.45) is 1.02. The van der Waals surface area contributed by atoms with Gasteiger partial charge in [0.1, 0.15) is 11.5 Å². The SMILES string of the molecule is CCC(C)(C)NCc1ccc(O)cc1O. The first-order valence-corrected chi connectivity index (χ1v) is 5.20. The topological polar surface area (TPSA) is 52.5 Å². The van der Waals surface area contributed by atoms with E-state index in [0.717, 1.165) is 12.0 Å². The van der Waals surface area contributed by atoms with Gasteiger partial charge in [-0.05, 0) is 26.3 Å². The van der Waals surface area contributed by atoms with E-state index < -0.39 is 0 Å². The Morgan fingerprint density at radius 1 is 1.27 bits per heavy atom. The van der Waals surface area contributed by atoms with Gasteiger partial charge in [-0.25, -0.2) is 0 Å². The van der Waals surface area contributed by atoms with Crippen molar-refractivity contribution in [3.05, 3.63) is 23.8 Å². The van der Waals surface area contributed by atoms with Crippen LogP contribution in [0.15, 0.2) is 18.2 Å². The van der Waals surface area contributed by atoms with E-state index in [9.17, 15) is 5.11 Å². The van der Waals surface area contributed by atoms with Gasteiger partial charge in [0.2, 0.25) is 0 Å². The van der Waals surface area contributed by atoms with Crippen LogP contribution >= 0.6 is 0 Å². The van der Waals surface area contributed by atoms with Gasteiger partial charge in [0, 0.05) is 23.7 Å². The summed E-state index contributed by atoms with van der Waals surface area (Å²) in [7, 11) is 0. The van der Waals surface area contributed by atoms with Crippen LogP contribution in [-0.4, -0.2) is 15.8 Å². The highest BCUT2D eigenvalue weighted by molar-refractivity contribution is 5.38. The monoisotopic (exact) mass is 209 g/mol. The number of rotatable bonds is 4. The van der Waals surface area contributed by atoms with E-state index in [2.05, 4.69) is 26.1 Å². The Bertz CT molecular complexity index is 334. The largest absolute Gasteiger partial charge is 0.508 e. The molecule has 0 aliphatic rings. The fraction of sp³-hybridized carbons (Fsp3) is 0.500. The van der Waals surface area contributed by atoms with Gasteiger partial charge < -0.3 is 15.5 Å². The zero-order chi connectivity index (χ0) is 11.5. The predicted molar refractivity (Wildman–Crippen MR) is 61.0 cm³/mol. The molecule has 3 nitrogen and oxygen atoms in total. The molecule has 1 rings (SSSR count). The summed E-state index contributed by atoms with van der Waals surface area (Å²) in [5.41, 5.74) is 0.860. The lowest BCUT2D eigenvalue weighted by molar-refractivity contribution is 0.368. The second-order valence-corrected chi connectivity index (χ2v) is 4.40. The molecule has 1 aromatic carbocycles. The van der Waals surface area contributed by atoms with Crippen molar-refractivity contribution in [2.75, 3.05) is 0 Å².